The molecular weight excluding hydrogens is 359 g/mol. The molecule has 5 nitrogen and oxygen atoms in total. The highest BCUT2D eigenvalue weighted by Gasteiger charge is 2.42. The van der Waals surface area contributed by atoms with Gasteiger partial charge in [-0.15, -0.1) is 5.10 Å². The zero-order valence-corrected chi connectivity index (χ0v) is 13.1. The Hall–Kier alpha value is -2.78. The maximum absolute atomic E-state index is 13.7. The molecule has 0 saturated carbocycles. The third-order valence-electron chi connectivity index (χ3n) is 4.32. The van der Waals surface area contributed by atoms with Gasteiger partial charge in [-0.3, -0.25) is 4.79 Å². The predicted molar refractivity (Wildman–Crippen MR) is 79.0 cm³/mol. The van der Waals surface area contributed by atoms with Crippen molar-refractivity contribution in [1.82, 2.24) is 14.8 Å². The molecule has 10 heteroatoms. The van der Waals surface area contributed by atoms with E-state index in [1.165, 1.54) is 0 Å². The van der Waals surface area contributed by atoms with Gasteiger partial charge in [0.15, 0.2) is 5.78 Å². The number of fused-ring (bicyclic) bond motifs is 1. The molecule has 0 spiro atoms. The van der Waals surface area contributed by atoms with Gasteiger partial charge in [-0.1, -0.05) is 0 Å². The monoisotopic (exact) mass is 370 g/mol. The second-order valence-corrected chi connectivity index (χ2v) is 6.10. The van der Waals surface area contributed by atoms with E-state index < -0.39 is 29.7 Å². The van der Waals surface area contributed by atoms with Crippen molar-refractivity contribution >= 4 is 11.7 Å². The number of halogens is 5. The first-order valence-corrected chi connectivity index (χ1v) is 7.77. The lowest BCUT2D eigenvalue weighted by Gasteiger charge is -2.32. The van der Waals surface area contributed by atoms with Gasteiger partial charge in [0, 0.05) is 23.8 Å². The summed E-state index contributed by atoms with van der Waals surface area (Å²) in [7, 11) is 0. The summed E-state index contributed by atoms with van der Waals surface area (Å²) >= 11 is 0. The number of nitrogens with one attached hydrogen (secondary N) is 1. The van der Waals surface area contributed by atoms with E-state index in [0.717, 1.165) is 16.8 Å². The van der Waals surface area contributed by atoms with Crippen LogP contribution in [0.25, 0.3) is 0 Å². The molecule has 136 valence electrons. The average molecular weight is 370 g/mol. The number of ketones is 1. The third kappa shape index (κ3) is 2.65. The van der Waals surface area contributed by atoms with Gasteiger partial charge >= 0.3 is 6.18 Å². The summed E-state index contributed by atoms with van der Waals surface area (Å²) in [5.74, 6) is -3.72. The van der Waals surface area contributed by atoms with Gasteiger partial charge in [0.1, 0.15) is 17.7 Å². The van der Waals surface area contributed by atoms with Gasteiger partial charge in [0.05, 0.1) is 0 Å². The number of aromatic nitrogens is 3. The molecule has 0 amide bonds. The molecule has 2 heterocycles. The van der Waals surface area contributed by atoms with E-state index in [2.05, 4.69) is 15.4 Å². The minimum absolute atomic E-state index is 0.00776. The Morgan fingerprint density at radius 3 is 2.46 bits per heavy atom. The van der Waals surface area contributed by atoms with Crippen LogP contribution in [-0.4, -0.2) is 20.5 Å². The summed E-state index contributed by atoms with van der Waals surface area (Å²) in [6.45, 7) is 0. The number of alkyl halides is 3. The molecule has 2 aliphatic rings. The minimum atomic E-state index is -4.80. The molecular formula is C16H11F5N4O. The van der Waals surface area contributed by atoms with E-state index in [4.69, 9.17) is 0 Å². The van der Waals surface area contributed by atoms with Gasteiger partial charge in [0.25, 0.3) is 5.82 Å². The standard InChI is InChI=1S/C16H11F5N4O/c17-8-4-7(5-9(18)6-8)13-12-10(2-1-3-11(12)26)22-15-23-14(16(19,20)21)24-25(13)15/h4-6,13H,1-3H2,(H,22,23,24). The Labute approximate surface area is 143 Å². The fourth-order valence-electron chi connectivity index (χ4n) is 3.32. The van der Waals surface area contributed by atoms with Crippen molar-refractivity contribution in [2.45, 2.75) is 31.5 Å². The summed E-state index contributed by atoms with van der Waals surface area (Å²) in [4.78, 5) is 15.9. The van der Waals surface area contributed by atoms with Gasteiger partial charge in [0.2, 0.25) is 5.95 Å². The normalized spacial score (nSPS) is 19.9. The SMILES string of the molecule is O=C1CCCC2=C1C(c1cc(F)cc(F)c1)n1nc(C(F)(F)F)nc1N2. The number of carbonyl (C=O) groups excluding carboxylic acids is 1. The molecule has 26 heavy (non-hydrogen) atoms. The van der Waals surface area contributed by atoms with Crippen LogP contribution < -0.4 is 5.32 Å². The zero-order valence-electron chi connectivity index (χ0n) is 13.1. The summed E-state index contributed by atoms with van der Waals surface area (Å²) in [6.07, 6.45) is -3.65. The van der Waals surface area contributed by atoms with Crippen LogP contribution in [0.1, 0.15) is 36.7 Å². The van der Waals surface area contributed by atoms with E-state index >= 15 is 0 Å². The summed E-state index contributed by atoms with van der Waals surface area (Å²) < 4.78 is 67.3. The maximum atomic E-state index is 13.7. The molecule has 1 N–H and O–H groups in total. The zero-order chi connectivity index (χ0) is 18.6. The van der Waals surface area contributed by atoms with E-state index in [0.29, 0.717) is 24.6 Å². The largest absolute Gasteiger partial charge is 0.453 e. The highest BCUT2D eigenvalue weighted by molar-refractivity contribution is 5.99. The van der Waals surface area contributed by atoms with Crippen molar-refractivity contribution in [2.75, 3.05) is 5.32 Å². The first kappa shape index (κ1) is 16.7. The lowest BCUT2D eigenvalue weighted by atomic mass is 9.85. The summed E-state index contributed by atoms with van der Waals surface area (Å²) in [5, 5.41) is 6.16. The molecule has 0 radical (unpaired) electrons. The van der Waals surface area contributed by atoms with Gasteiger partial charge in [-0.05, 0) is 30.5 Å². The number of hydrogen-bond acceptors (Lipinski definition) is 4. The highest BCUT2D eigenvalue weighted by Crippen LogP contribution is 2.41. The Balaban J connectivity index is 1.94. The van der Waals surface area contributed by atoms with E-state index in [-0.39, 0.29) is 29.3 Å². The lowest BCUT2D eigenvalue weighted by Crippen LogP contribution is -2.31. The predicted octanol–water partition coefficient (Wildman–Crippen LogP) is 3.60. The Morgan fingerprint density at radius 2 is 1.81 bits per heavy atom. The molecule has 0 fully saturated rings. The number of allylic oxidation sites excluding steroid dienone is 2. The lowest BCUT2D eigenvalue weighted by molar-refractivity contribution is -0.145. The van der Waals surface area contributed by atoms with Crippen LogP contribution in [0.3, 0.4) is 0 Å². The summed E-state index contributed by atoms with van der Waals surface area (Å²) in [5.41, 5.74) is 0.559. The van der Waals surface area contributed by atoms with Gasteiger partial charge in [-0.2, -0.15) is 18.2 Å². The quantitative estimate of drug-likeness (QED) is 0.780. The molecule has 1 aliphatic heterocycles. The molecule has 1 aromatic heterocycles. The number of carbonyl (C=O) groups is 1. The number of anilines is 1. The smallest absolute Gasteiger partial charge is 0.328 e. The van der Waals surface area contributed by atoms with E-state index in [1.807, 2.05) is 0 Å². The average Bonchev–Trinajstić information content (AvgIpc) is 2.96. The van der Waals surface area contributed by atoms with Crippen LogP contribution in [-0.2, 0) is 11.0 Å². The van der Waals surface area contributed by atoms with Crippen molar-refractivity contribution in [3.8, 4) is 0 Å². The first-order valence-electron chi connectivity index (χ1n) is 7.77. The number of benzene rings is 1. The molecule has 1 atom stereocenters. The number of nitrogens with zero attached hydrogens (tertiary/aromatic N) is 3. The second kappa shape index (κ2) is 5.61. The fraction of sp³-hybridized carbons (Fsp3) is 0.312. The number of rotatable bonds is 1. The van der Waals surface area contributed by atoms with E-state index in [9.17, 15) is 26.7 Å². The van der Waals surface area contributed by atoms with Crippen LogP contribution in [0.15, 0.2) is 29.5 Å². The van der Waals surface area contributed by atoms with Crippen molar-refractivity contribution < 1.29 is 26.7 Å². The van der Waals surface area contributed by atoms with Gasteiger partial charge in [-0.25, -0.2) is 13.5 Å². The molecule has 1 unspecified atom stereocenters. The van der Waals surface area contributed by atoms with Crippen LogP contribution in [0, 0.1) is 11.6 Å². The van der Waals surface area contributed by atoms with Gasteiger partial charge < -0.3 is 5.32 Å². The molecule has 1 aromatic carbocycles. The Kier molecular flexibility index (Phi) is 3.60. The van der Waals surface area contributed by atoms with E-state index in [1.54, 1.807) is 0 Å². The van der Waals surface area contributed by atoms with Crippen LogP contribution in [0.5, 0.6) is 0 Å². The van der Waals surface area contributed by atoms with Crippen LogP contribution in [0.4, 0.5) is 27.9 Å². The third-order valence-corrected chi connectivity index (χ3v) is 4.32. The van der Waals surface area contributed by atoms with Crippen molar-refractivity contribution in [3.05, 3.63) is 52.5 Å². The maximum Gasteiger partial charge on any atom is 0.453 e. The highest BCUT2D eigenvalue weighted by atomic mass is 19.4. The van der Waals surface area contributed by atoms with Crippen LogP contribution >= 0.6 is 0 Å². The number of hydrogen-bond donors (Lipinski definition) is 1. The summed E-state index contributed by atoms with van der Waals surface area (Å²) in [6, 6.07) is 1.42. The van der Waals surface area contributed by atoms with Crippen molar-refractivity contribution in [2.24, 2.45) is 0 Å². The van der Waals surface area contributed by atoms with Crippen molar-refractivity contribution in [3.63, 3.8) is 0 Å². The Bertz CT molecular complexity index is 926. The van der Waals surface area contributed by atoms with Crippen molar-refractivity contribution in [1.29, 1.82) is 0 Å². The minimum Gasteiger partial charge on any atom is -0.328 e. The number of Topliss-reactive ketones (excluding diaryl/α,β-unsaturated/α-hetero) is 1. The molecule has 0 saturated heterocycles. The molecule has 4 rings (SSSR count). The Morgan fingerprint density at radius 1 is 1.12 bits per heavy atom. The molecule has 1 aliphatic carbocycles. The molecule has 0 bridgehead atoms. The molecule has 2 aromatic rings. The fourth-order valence-corrected chi connectivity index (χ4v) is 3.32. The topological polar surface area (TPSA) is 59.8 Å². The second-order valence-electron chi connectivity index (χ2n) is 6.10. The first-order chi connectivity index (χ1) is 12.2. The van der Waals surface area contributed by atoms with Crippen LogP contribution in [0.2, 0.25) is 0 Å².